The fourth-order valence-corrected chi connectivity index (χ4v) is 4.17. The number of Topliss-reactive ketones (excluding diaryl/α,β-unsaturated/α-hetero) is 1. The molecule has 2 amide bonds. The molecule has 2 fully saturated rings. The van der Waals surface area contributed by atoms with Crippen LogP contribution >= 0.6 is 23.2 Å². The van der Waals surface area contributed by atoms with E-state index in [0.717, 1.165) is 31.6 Å². The molecule has 0 radical (unpaired) electrons. The Morgan fingerprint density at radius 1 is 1.07 bits per heavy atom. The SMILES string of the molecule is O=C(NCCCc1ccc(Cl)c(Cl)c1)C1CN(CCN2CCCCC2)C(=O)C1=O. The first-order chi connectivity index (χ1) is 14.0. The second-order valence-electron chi connectivity index (χ2n) is 7.71. The summed E-state index contributed by atoms with van der Waals surface area (Å²) in [6, 6.07) is 5.46. The van der Waals surface area contributed by atoms with Crippen molar-refractivity contribution in [3.63, 3.8) is 0 Å². The molecule has 1 unspecified atom stereocenters. The van der Waals surface area contributed by atoms with Gasteiger partial charge in [-0.05, 0) is 56.5 Å². The highest BCUT2D eigenvalue weighted by atomic mass is 35.5. The predicted molar refractivity (Wildman–Crippen MR) is 113 cm³/mol. The van der Waals surface area contributed by atoms with E-state index in [4.69, 9.17) is 23.2 Å². The van der Waals surface area contributed by atoms with Gasteiger partial charge >= 0.3 is 0 Å². The zero-order valence-electron chi connectivity index (χ0n) is 16.5. The van der Waals surface area contributed by atoms with Crippen molar-refractivity contribution >= 4 is 40.8 Å². The van der Waals surface area contributed by atoms with Gasteiger partial charge in [-0.2, -0.15) is 0 Å². The zero-order chi connectivity index (χ0) is 20.8. The van der Waals surface area contributed by atoms with Gasteiger partial charge in [-0.25, -0.2) is 0 Å². The highest BCUT2D eigenvalue weighted by Gasteiger charge is 2.42. The first-order valence-corrected chi connectivity index (χ1v) is 11.0. The highest BCUT2D eigenvalue weighted by Crippen LogP contribution is 2.23. The van der Waals surface area contributed by atoms with Crippen LogP contribution < -0.4 is 5.32 Å². The average Bonchev–Trinajstić information content (AvgIpc) is 3.01. The Morgan fingerprint density at radius 3 is 2.55 bits per heavy atom. The Bertz CT molecular complexity index is 766. The number of nitrogens with one attached hydrogen (secondary N) is 1. The summed E-state index contributed by atoms with van der Waals surface area (Å²) in [6.07, 6.45) is 5.05. The summed E-state index contributed by atoms with van der Waals surface area (Å²) in [5.41, 5.74) is 1.03. The topological polar surface area (TPSA) is 69.7 Å². The molecule has 0 bridgehead atoms. The van der Waals surface area contributed by atoms with Gasteiger partial charge in [0.2, 0.25) is 11.7 Å². The lowest BCUT2D eigenvalue weighted by molar-refractivity contribution is -0.142. The number of hydrogen-bond acceptors (Lipinski definition) is 4. The highest BCUT2D eigenvalue weighted by molar-refractivity contribution is 6.42. The number of amides is 2. The number of nitrogens with zero attached hydrogens (tertiary/aromatic N) is 2. The molecule has 1 N–H and O–H groups in total. The Labute approximate surface area is 181 Å². The standard InChI is InChI=1S/C21H27Cl2N3O3/c22-17-7-6-15(13-18(17)23)5-4-8-24-20(28)16-14-26(21(29)19(16)27)12-11-25-9-2-1-3-10-25/h6-7,13,16H,1-5,8-12,14H2,(H,24,28). The molecule has 158 valence electrons. The van der Waals surface area contributed by atoms with Crippen LogP contribution in [0.4, 0.5) is 0 Å². The van der Waals surface area contributed by atoms with Gasteiger partial charge in [-0.15, -0.1) is 0 Å². The summed E-state index contributed by atoms with van der Waals surface area (Å²) in [6.45, 7) is 3.97. The minimum absolute atomic E-state index is 0.185. The van der Waals surface area contributed by atoms with Crippen LogP contribution in [-0.2, 0) is 20.8 Å². The molecule has 6 nitrogen and oxygen atoms in total. The maximum absolute atomic E-state index is 12.4. The molecule has 2 saturated heterocycles. The smallest absolute Gasteiger partial charge is 0.290 e. The number of ketones is 1. The van der Waals surface area contributed by atoms with Crippen LogP contribution in [0.3, 0.4) is 0 Å². The van der Waals surface area contributed by atoms with Gasteiger partial charge in [0.05, 0.1) is 10.0 Å². The fourth-order valence-electron chi connectivity index (χ4n) is 3.85. The number of carbonyl (C=O) groups excluding carboxylic acids is 3. The summed E-state index contributed by atoms with van der Waals surface area (Å²) in [5, 5.41) is 3.81. The predicted octanol–water partition coefficient (Wildman–Crippen LogP) is 2.56. The van der Waals surface area contributed by atoms with E-state index in [1.165, 1.54) is 24.2 Å². The lowest BCUT2D eigenvalue weighted by Gasteiger charge is -2.28. The van der Waals surface area contributed by atoms with Crippen LogP contribution in [0.1, 0.15) is 31.2 Å². The van der Waals surface area contributed by atoms with Crippen molar-refractivity contribution in [1.29, 1.82) is 0 Å². The molecule has 8 heteroatoms. The normalized spacial score (nSPS) is 20.3. The van der Waals surface area contributed by atoms with Gasteiger partial charge in [0.1, 0.15) is 5.92 Å². The number of halogens is 2. The first-order valence-electron chi connectivity index (χ1n) is 10.2. The summed E-state index contributed by atoms with van der Waals surface area (Å²) in [7, 11) is 0. The minimum atomic E-state index is -0.895. The molecular weight excluding hydrogens is 413 g/mol. The van der Waals surface area contributed by atoms with Crippen LogP contribution in [-0.4, -0.2) is 66.7 Å². The van der Waals surface area contributed by atoms with Crippen LogP contribution in [0.15, 0.2) is 18.2 Å². The second kappa shape index (κ2) is 10.4. The third-order valence-corrected chi connectivity index (χ3v) is 6.33. The number of hydrogen-bond donors (Lipinski definition) is 1. The summed E-state index contributed by atoms with van der Waals surface area (Å²) in [5.74, 6) is -2.38. The number of aryl methyl sites for hydroxylation is 1. The zero-order valence-corrected chi connectivity index (χ0v) is 18.0. The van der Waals surface area contributed by atoms with E-state index in [-0.39, 0.29) is 12.5 Å². The van der Waals surface area contributed by atoms with Gasteiger partial charge < -0.3 is 15.1 Å². The number of benzene rings is 1. The summed E-state index contributed by atoms with van der Waals surface area (Å²) < 4.78 is 0. The quantitative estimate of drug-likeness (QED) is 0.383. The van der Waals surface area contributed by atoms with Crippen molar-refractivity contribution < 1.29 is 14.4 Å². The lowest BCUT2D eigenvalue weighted by Crippen LogP contribution is -2.39. The van der Waals surface area contributed by atoms with E-state index >= 15 is 0 Å². The summed E-state index contributed by atoms with van der Waals surface area (Å²) >= 11 is 11.9. The molecule has 0 spiro atoms. The monoisotopic (exact) mass is 439 g/mol. The molecule has 2 aliphatic rings. The Morgan fingerprint density at radius 2 is 1.83 bits per heavy atom. The minimum Gasteiger partial charge on any atom is -0.355 e. The fraction of sp³-hybridized carbons (Fsp3) is 0.571. The third kappa shape index (κ3) is 5.93. The van der Waals surface area contributed by atoms with E-state index in [1.807, 2.05) is 12.1 Å². The largest absolute Gasteiger partial charge is 0.355 e. The average molecular weight is 440 g/mol. The van der Waals surface area contributed by atoms with Gasteiger partial charge in [0.25, 0.3) is 5.91 Å². The Kier molecular flexibility index (Phi) is 7.92. The summed E-state index contributed by atoms with van der Waals surface area (Å²) in [4.78, 5) is 40.7. The molecule has 1 aromatic rings. The maximum atomic E-state index is 12.4. The van der Waals surface area contributed by atoms with Gasteiger partial charge in [0, 0.05) is 26.2 Å². The van der Waals surface area contributed by atoms with E-state index in [2.05, 4.69) is 10.2 Å². The van der Waals surface area contributed by atoms with Gasteiger partial charge in [-0.1, -0.05) is 35.7 Å². The van der Waals surface area contributed by atoms with Gasteiger partial charge in [-0.3, -0.25) is 14.4 Å². The number of carbonyl (C=O) groups is 3. The molecule has 1 atom stereocenters. The molecule has 29 heavy (non-hydrogen) atoms. The Hall–Kier alpha value is -1.63. The second-order valence-corrected chi connectivity index (χ2v) is 8.53. The van der Waals surface area contributed by atoms with E-state index < -0.39 is 17.6 Å². The van der Waals surface area contributed by atoms with E-state index in [1.54, 1.807) is 6.07 Å². The number of likely N-dealkylation sites (tertiary alicyclic amines) is 2. The third-order valence-electron chi connectivity index (χ3n) is 5.59. The molecule has 1 aromatic carbocycles. The van der Waals surface area contributed by atoms with Crippen molar-refractivity contribution in [2.45, 2.75) is 32.1 Å². The van der Waals surface area contributed by atoms with Gasteiger partial charge in [0.15, 0.2) is 0 Å². The molecule has 2 aliphatic heterocycles. The number of piperidine rings is 1. The molecule has 0 saturated carbocycles. The molecule has 3 rings (SSSR count). The van der Waals surface area contributed by atoms with Crippen LogP contribution in [0.25, 0.3) is 0 Å². The van der Waals surface area contributed by atoms with Crippen molar-refractivity contribution in [2.24, 2.45) is 5.92 Å². The van der Waals surface area contributed by atoms with Crippen molar-refractivity contribution in [1.82, 2.24) is 15.1 Å². The van der Waals surface area contributed by atoms with E-state index in [0.29, 0.717) is 29.6 Å². The molecule has 0 aliphatic carbocycles. The number of rotatable bonds is 8. The molecule has 2 heterocycles. The molecule has 0 aromatic heterocycles. The van der Waals surface area contributed by atoms with Crippen molar-refractivity contribution in [3.8, 4) is 0 Å². The Balaban J connectivity index is 1.40. The lowest BCUT2D eigenvalue weighted by atomic mass is 10.1. The maximum Gasteiger partial charge on any atom is 0.290 e. The van der Waals surface area contributed by atoms with E-state index in [9.17, 15) is 14.4 Å². The molecular formula is C21H27Cl2N3O3. The van der Waals surface area contributed by atoms with Crippen molar-refractivity contribution in [2.75, 3.05) is 39.3 Å². The van der Waals surface area contributed by atoms with Crippen LogP contribution in [0, 0.1) is 5.92 Å². The van der Waals surface area contributed by atoms with Crippen LogP contribution in [0.2, 0.25) is 10.0 Å². The van der Waals surface area contributed by atoms with Crippen molar-refractivity contribution in [3.05, 3.63) is 33.8 Å². The first kappa shape index (κ1) is 22.1. The van der Waals surface area contributed by atoms with Crippen LogP contribution in [0.5, 0.6) is 0 Å².